The van der Waals surface area contributed by atoms with Gasteiger partial charge in [0.1, 0.15) is 0 Å². The van der Waals surface area contributed by atoms with E-state index in [1.807, 2.05) is 66.9 Å². The van der Waals surface area contributed by atoms with E-state index in [4.69, 9.17) is 11.6 Å². The molecule has 150 valence electrons. The smallest absolute Gasteiger partial charge is 0.250 e. The fourth-order valence-corrected chi connectivity index (χ4v) is 3.74. The molecule has 0 aliphatic carbocycles. The van der Waals surface area contributed by atoms with Gasteiger partial charge < -0.3 is 4.57 Å². The maximum absolute atomic E-state index is 12.2. The van der Waals surface area contributed by atoms with Crippen LogP contribution < -0.4 is 5.43 Å². The summed E-state index contributed by atoms with van der Waals surface area (Å²) in [7, 11) is 0. The molecule has 0 aliphatic heterocycles. The van der Waals surface area contributed by atoms with Gasteiger partial charge in [0.15, 0.2) is 11.0 Å². The van der Waals surface area contributed by atoms with E-state index < -0.39 is 0 Å². The molecule has 0 radical (unpaired) electrons. The van der Waals surface area contributed by atoms with Crippen molar-refractivity contribution in [2.45, 2.75) is 25.5 Å². The summed E-state index contributed by atoms with van der Waals surface area (Å²) in [5, 5.41) is 14.0. The number of nitrogens with zero attached hydrogens (tertiary/aromatic N) is 4. The summed E-state index contributed by atoms with van der Waals surface area (Å²) >= 11 is 10.7. The number of nitrogens with one attached hydrogen (secondary N) is 1. The molecule has 0 spiro atoms. The maximum Gasteiger partial charge on any atom is 0.250 e. The summed E-state index contributed by atoms with van der Waals surface area (Å²) in [5.41, 5.74) is 5.20. The van der Waals surface area contributed by atoms with Crippen LogP contribution in [-0.4, -0.2) is 32.1 Å². The molecule has 1 aromatic heterocycles. The average Bonchev–Trinajstić information content (AvgIpc) is 3.14. The lowest BCUT2D eigenvalue weighted by atomic mass is 10.1. The summed E-state index contributed by atoms with van der Waals surface area (Å²) in [4.78, 5) is 12.2. The fraction of sp³-hybridized carbons (Fsp3) is 0.200. The standard InChI is InChI=1S/C20H19BrClN5OS/c1-3-27-19(15-6-10-17(22)11-7-15)25-26-20(27)29-12-18(28)24-23-13(2)14-4-8-16(21)9-5-14/h4-11H,3,12H2,1-2H3,(H,24,28)/b23-13+. The summed E-state index contributed by atoms with van der Waals surface area (Å²) in [6.07, 6.45) is 0. The van der Waals surface area contributed by atoms with Crippen molar-refractivity contribution in [2.75, 3.05) is 5.75 Å². The minimum Gasteiger partial charge on any atom is -0.302 e. The molecule has 0 bridgehead atoms. The Labute approximate surface area is 186 Å². The average molecular weight is 493 g/mol. The Morgan fingerprint density at radius 2 is 1.86 bits per heavy atom. The topological polar surface area (TPSA) is 72.2 Å². The Morgan fingerprint density at radius 3 is 2.52 bits per heavy atom. The van der Waals surface area contributed by atoms with E-state index in [-0.39, 0.29) is 11.7 Å². The first-order chi connectivity index (χ1) is 14.0. The van der Waals surface area contributed by atoms with Crippen LogP contribution in [0.4, 0.5) is 0 Å². The van der Waals surface area contributed by atoms with Gasteiger partial charge in [-0.05, 0) is 55.8 Å². The van der Waals surface area contributed by atoms with Crippen molar-refractivity contribution in [3.8, 4) is 11.4 Å². The zero-order valence-corrected chi connectivity index (χ0v) is 19.1. The molecule has 0 unspecified atom stereocenters. The zero-order chi connectivity index (χ0) is 20.8. The minimum atomic E-state index is -0.204. The van der Waals surface area contributed by atoms with Crippen LogP contribution in [0, 0.1) is 0 Å². The highest BCUT2D eigenvalue weighted by molar-refractivity contribution is 9.10. The van der Waals surface area contributed by atoms with Gasteiger partial charge in [-0.15, -0.1) is 10.2 Å². The number of hydrogen-bond acceptors (Lipinski definition) is 5. The van der Waals surface area contributed by atoms with Gasteiger partial charge in [0, 0.05) is 21.6 Å². The highest BCUT2D eigenvalue weighted by atomic mass is 79.9. The van der Waals surface area contributed by atoms with Gasteiger partial charge in [-0.3, -0.25) is 4.79 Å². The molecule has 0 saturated heterocycles. The van der Waals surface area contributed by atoms with Gasteiger partial charge in [-0.1, -0.05) is 51.4 Å². The van der Waals surface area contributed by atoms with E-state index in [0.29, 0.717) is 16.7 Å². The Balaban J connectivity index is 1.62. The minimum absolute atomic E-state index is 0.190. The molecule has 0 fully saturated rings. The predicted molar refractivity (Wildman–Crippen MR) is 121 cm³/mol. The molecule has 6 nitrogen and oxygen atoms in total. The molecule has 0 aliphatic rings. The van der Waals surface area contributed by atoms with Gasteiger partial charge in [0.2, 0.25) is 0 Å². The summed E-state index contributed by atoms with van der Waals surface area (Å²) in [5.74, 6) is 0.733. The van der Waals surface area contributed by atoms with Gasteiger partial charge in [-0.2, -0.15) is 5.10 Å². The highest BCUT2D eigenvalue weighted by Gasteiger charge is 2.14. The van der Waals surface area contributed by atoms with Gasteiger partial charge in [0.05, 0.1) is 11.5 Å². The van der Waals surface area contributed by atoms with Crippen molar-refractivity contribution in [2.24, 2.45) is 5.10 Å². The second-order valence-electron chi connectivity index (χ2n) is 6.09. The molecule has 3 aromatic rings. The quantitative estimate of drug-likeness (QED) is 0.286. The predicted octanol–water partition coefficient (Wildman–Crippen LogP) is 5.01. The summed E-state index contributed by atoms with van der Waals surface area (Å²) in [6, 6.07) is 15.2. The third-order valence-corrected chi connectivity index (χ3v) is 5.83. The van der Waals surface area contributed by atoms with E-state index in [1.165, 1.54) is 11.8 Å². The van der Waals surface area contributed by atoms with Crippen LogP contribution in [0.3, 0.4) is 0 Å². The SMILES string of the molecule is CCn1c(SCC(=O)N/N=C(\C)c2ccc(Br)cc2)nnc1-c1ccc(Cl)cc1. The number of carbonyl (C=O) groups is 1. The zero-order valence-electron chi connectivity index (χ0n) is 15.9. The lowest BCUT2D eigenvalue weighted by Gasteiger charge is -2.07. The van der Waals surface area contributed by atoms with E-state index in [1.54, 1.807) is 0 Å². The third-order valence-electron chi connectivity index (χ3n) is 4.08. The Bertz CT molecular complexity index is 1020. The molecule has 1 heterocycles. The van der Waals surface area contributed by atoms with Gasteiger partial charge in [-0.25, -0.2) is 5.43 Å². The first-order valence-corrected chi connectivity index (χ1v) is 11.0. The molecule has 1 N–H and O–H groups in total. The van der Waals surface area contributed by atoms with Crippen molar-refractivity contribution < 1.29 is 4.79 Å². The van der Waals surface area contributed by atoms with Crippen LogP contribution in [0.25, 0.3) is 11.4 Å². The van der Waals surface area contributed by atoms with Crippen LogP contribution in [0.5, 0.6) is 0 Å². The number of rotatable bonds is 7. The lowest BCUT2D eigenvalue weighted by Crippen LogP contribution is -2.21. The Morgan fingerprint density at radius 1 is 1.17 bits per heavy atom. The van der Waals surface area contributed by atoms with E-state index >= 15 is 0 Å². The molecule has 29 heavy (non-hydrogen) atoms. The van der Waals surface area contributed by atoms with Crippen LogP contribution in [0.1, 0.15) is 19.4 Å². The normalized spacial score (nSPS) is 11.5. The summed E-state index contributed by atoms with van der Waals surface area (Å²) in [6.45, 7) is 4.55. The number of benzene rings is 2. The number of hydrazone groups is 1. The van der Waals surface area contributed by atoms with E-state index in [9.17, 15) is 4.79 Å². The molecular weight excluding hydrogens is 474 g/mol. The molecule has 3 rings (SSSR count). The van der Waals surface area contributed by atoms with Crippen LogP contribution in [0.15, 0.2) is 63.3 Å². The number of thioether (sulfide) groups is 1. The van der Waals surface area contributed by atoms with Gasteiger partial charge >= 0.3 is 0 Å². The molecule has 0 atom stereocenters. The largest absolute Gasteiger partial charge is 0.302 e. The molecule has 2 aromatic carbocycles. The van der Waals surface area contributed by atoms with Crippen molar-refractivity contribution in [1.29, 1.82) is 0 Å². The number of amides is 1. The van der Waals surface area contributed by atoms with Crippen molar-refractivity contribution in [3.05, 3.63) is 63.6 Å². The third kappa shape index (κ3) is 5.68. The summed E-state index contributed by atoms with van der Waals surface area (Å²) < 4.78 is 2.96. The van der Waals surface area contributed by atoms with Gasteiger partial charge in [0.25, 0.3) is 5.91 Å². The van der Waals surface area contributed by atoms with Crippen molar-refractivity contribution in [3.63, 3.8) is 0 Å². The first kappa shape index (κ1) is 21.5. The van der Waals surface area contributed by atoms with Crippen LogP contribution >= 0.6 is 39.3 Å². The second kappa shape index (κ2) is 10.0. The van der Waals surface area contributed by atoms with Crippen molar-refractivity contribution in [1.82, 2.24) is 20.2 Å². The van der Waals surface area contributed by atoms with E-state index in [2.05, 4.69) is 36.7 Å². The monoisotopic (exact) mass is 491 g/mol. The van der Waals surface area contributed by atoms with Crippen LogP contribution in [0.2, 0.25) is 5.02 Å². The number of aromatic nitrogens is 3. The number of carbonyl (C=O) groups excluding carboxylic acids is 1. The Kier molecular flexibility index (Phi) is 7.46. The number of hydrogen-bond donors (Lipinski definition) is 1. The molecular formula is C20H19BrClN5OS. The molecule has 0 saturated carbocycles. The van der Waals surface area contributed by atoms with Crippen LogP contribution in [-0.2, 0) is 11.3 Å². The maximum atomic E-state index is 12.2. The lowest BCUT2D eigenvalue weighted by molar-refractivity contribution is -0.118. The van der Waals surface area contributed by atoms with E-state index in [0.717, 1.165) is 27.1 Å². The highest BCUT2D eigenvalue weighted by Crippen LogP contribution is 2.25. The molecule has 1 amide bonds. The second-order valence-corrected chi connectivity index (χ2v) is 8.38. The molecule has 9 heteroatoms. The number of halogens is 2. The first-order valence-electron chi connectivity index (χ1n) is 8.89. The van der Waals surface area contributed by atoms with Crippen molar-refractivity contribution >= 4 is 50.9 Å². The fourth-order valence-electron chi connectivity index (χ4n) is 2.56. The Hall–Kier alpha value is -2.16.